The molecule has 0 aromatic heterocycles. The fourth-order valence-corrected chi connectivity index (χ4v) is 4.43. The Morgan fingerprint density at radius 3 is 2.52 bits per heavy atom. The molecule has 2 heterocycles. The van der Waals surface area contributed by atoms with Gasteiger partial charge in [-0.25, -0.2) is 0 Å². The number of carbonyl (C=O) groups excluding carboxylic acids is 2. The number of benzene rings is 1. The van der Waals surface area contributed by atoms with E-state index in [-0.39, 0.29) is 11.8 Å². The Morgan fingerprint density at radius 2 is 1.85 bits per heavy atom. The quantitative estimate of drug-likeness (QED) is 0.743. The zero-order valence-electron chi connectivity index (χ0n) is 16.7. The molecule has 0 bridgehead atoms. The fraction of sp³-hybridized carbons (Fsp3) is 0.619. The number of carbonyl (C=O) groups is 2. The van der Waals surface area contributed by atoms with E-state index in [0.29, 0.717) is 25.7 Å². The molecular weight excluding hydrogens is 358 g/mol. The van der Waals surface area contributed by atoms with Gasteiger partial charge in [-0.2, -0.15) is 0 Å². The van der Waals surface area contributed by atoms with Gasteiger partial charge in [0.2, 0.25) is 5.91 Å². The highest BCUT2D eigenvalue weighted by atomic mass is 32.2. The average Bonchev–Trinajstić information content (AvgIpc) is 2.68. The summed E-state index contributed by atoms with van der Waals surface area (Å²) < 4.78 is 0. The minimum Gasteiger partial charge on any atom is -0.339 e. The van der Waals surface area contributed by atoms with Crippen molar-refractivity contribution in [3.8, 4) is 0 Å². The molecule has 1 unspecified atom stereocenters. The van der Waals surface area contributed by atoms with E-state index >= 15 is 0 Å². The van der Waals surface area contributed by atoms with Crippen LogP contribution in [0, 0.1) is 6.92 Å². The summed E-state index contributed by atoms with van der Waals surface area (Å²) in [7, 11) is 0. The van der Waals surface area contributed by atoms with Gasteiger partial charge in [0.15, 0.2) is 0 Å². The molecule has 0 N–H and O–H groups in total. The van der Waals surface area contributed by atoms with Crippen LogP contribution < -0.4 is 0 Å². The van der Waals surface area contributed by atoms with Gasteiger partial charge < -0.3 is 9.80 Å². The van der Waals surface area contributed by atoms with Gasteiger partial charge in [0.25, 0.3) is 5.91 Å². The van der Waals surface area contributed by atoms with E-state index in [1.165, 1.54) is 6.42 Å². The highest BCUT2D eigenvalue weighted by Gasteiger charge is 2.28. The number of thioether (sulfide) groups is 1. The van der Waals surface area contributed by atoms with E-state index in [2.05, 4.69) is 17.9 Å². The predicted molar refractivity (Wildman–Crippen MR) is 110 cm³/mol. The third-order valence-corrected chi connectivity index (χ3v) is 6.54. The molecule has 2 saturated heterocycles. The number of nitrogens with zero attached hydrogens (tertiary/aromatic N) is 3. The second-order valence-corrected chi connectivity index (χ2v) is 8.56. The van der Waals surface area contributed by atoms with Crippen LogP contribution in [0.4, 0.5) is 0 Å². The Kier molecular flexibility index (Phi) is 6.82. The van der Waals surface area contributed by atoms with Crippen LogP contribution in [-0.4, -0.2) is 78.1 Å². The maximum absolute atomic E-state index is 12.9. The Bertz CT molecular complexity index is 686. The van der Waals surface area contributed by atoms with Crippen LogP contribution in [0.5, 0.6) is 0 Å². The smallest absolute Gasteiger partial charge is 0.254 e. The zero-order chi connectivity index (χ0) is 19.4. The summed E-state index contributed by atoms with van der Waals surface area (Å²) in [5.41, 5.74) is 1.82. The zero-order valence-corrected chi connectivity index (χ0v) is 17.6. The third-order valence-electron chi connectivity index (χ3n) is 5.82. The van der Waals surface area contributed by atoms with Crippen molar-refractivity contribution in [3.05, 3.63) is 29.3 Å². The van der Waals surface area contributed by atoms with Gasteiger partial charge in [0.05, 0.1) is 6.54 Å². The van der Waals surface area contributed by atoms with Gasteiger partial charge in [0, 0.05) is 49.2 Å². The molecule has 0 aliphatic carbocycles. The molecule has 3 rings (SSSR count). The van der Waals surface area contributed by atoms with E-state index < -0.39 is 0 Å². The van der Waals surface area contributed by atoms with Gasteiger partial charge in [-0.1, -0.05) is 6.07 Å². The molecular formula is C21H31N3O2S. The van der Waals surface area contributed by atoms with E-state index in [1.807, 2.05) is 35.1 Å². The van der Waals surface area contributed by atoms with Crippen LogP contribution in [0.2, 0.25) is 0 Å². The maximum atomic E-state index is 12.9. The van der Waals surface area contributed by atoms with Gasteiger partial charge >= 0.3 is 0 Å². The third kappa shape index (κ3) is 4.85. The van der Waals surface area contributed by atoms with Crippen LogP contribution in [0.15, 0.2) is 23.1 Å². The lowest BCUT2D eigenvalue weighted by Gasteiger charge is -2.38. The van der Waals surface area contributed by atoms with Crippen molar-refractivity contribution in [2.75, 3.05) is 45.5 Å². The highest BCUT2D eigenvalue weighted by molar-refractivity contribution is 7.98. The first-order chi connectivity index (χ1) is 13.0. The SMILES string of the molecule is CSc1ccc(C)c(C(=O)N2CCN(CC(=O)N3CCCCC3C)CC2)c1. The van der Waals surface area contributed by atoms with Gasteiger partial charge in [-0.05, 0) is 57.1 Å². The van der Waals surface area contributed by atoms with Crippen LogP contribution in [-0.2, 0) is 4.79 Å². The number of hydrogen-bond donors (Lipinski definition) is 0. The summed E-state index contributed by atoms with van der Waals surface area (Å²) in [5.74, 6) is 0.351. The number of amides is 2. The lowest BCUT2D eigenvalue weighted by atomic mass is 10.0. The normalized spacial score (nSPS) is 21.4. The lowest BCUT2D eigenvalue weighted by molar-refractivity contribution is -0.136. The first-order valence-electron chi connectivity index (χ1n) is 9.95. The Morgan fingerprint density at radius 1 is 1.11 bits per heavy atom. The van der Waals surface area contributed by atoms with Gasteiger partial charge in [-0.15, -0.1) is 11.8 Å². The summed E-state index contributed by atoms with van der Waals surface area (Å²) in [6.45, 7) is 8.42. The second kappa shape index (κ2) is 9.11. The summed E-state index contributed by atoms with van der Waals surface area (Å²) in [4.78, 5) is 32.8. The minimum atomic E-state index is 0.110. The van der Waals surface area contributed by atoms with Crippen molar-refractivity contribution in [2.45, 2.75) is 44.0 Å². The molecule has 1 aromatic carbocycles. The molecule has 27 heavy (non-hydrogen) atoms. The van der Waals surface area contributed by atoms with Crippen LogP contribution in [0.25, 0.3) is 0 Å². The Balaban J connectivity index is 1.54. The second-order valence-electron chi connectivity index (χ2n) is 7.68. The number of piperazine rings is 1. The van der Waals surface area contributed by atoms with Gasteiger partial charge in [0.1, 0.15) is 0 Å². The van der Waals surface area contributed by atoms with Crippen LogP contribution in [0.1, 0.15) is 42.1 Å². The summed E-state index contributed by atoms with van der Waals surface area (Å²) >= 11 is 1.66. The van der Waals surface area contributed by atoms with Crippen molar-refractivity contribution in [1.29, 1.82) is 0 Å². The van der Waals surface area contributed by atoms with Crippen molar-refractivity contribution < 1.29 is 9.59 Å². The first-order valence-corrected chi connectivity index (χ1v) is 11.2. The number of piperidine rings is 1. The molecule has 2 fully saturated rings. The van der Waals surface area contributed by atoms with E-state index in [0.717, 1.165) is 48.5 Å². The van der Waals surface area contributed by atoms with Crippen molar-refractivity contribution in [3.63, 3.8) is 0 Å². The van der Waals surface area contributed by atoms with Crippen molar-refractivity contribution in [1.82, 2.24) is 14.7 Å². The van der Waals surface area contributed by atoms with E-state index in [1.54, 1.807) is 11.8 Å². The molecule has 5 nitrogen and oxygen atoms in total. The summed E-state index contributed by atoms with van der Waals surface area (Å²) in [6.07, 6.45) is 5.48. The first kappa shape index (κ1) is 20.2. The number of aryl methyl sites for hydroxylation is 1. The molecule has 2 aliphatic rings. The van der Waals surface area contributed by atoms with Crippen LogP contribution in [0.3, 0.4) is 0 Å². The van der Waals surface area contributed by atoms with E-state index in [9.17, 15) is 9.59 Å². The molecule has 2 aliphatic heterocycles. The lowest BCUT2D eigenvalue weighted by Crippen LogP contribution is -2.53. The topological polar surface area (TPSA) is 43.9 Å². The Hall–Kier alpha value is -1.53. The van der Waals surface area contributed by atoms with Gasteiger partial charge in [-0.3, -0.25) is 14.5 Å². The molecule has 6 heteroatoms. The average molecular weight is 390 g/mol. The monoisotopic (exact) mass is 389 g/mol. The summed E-state index contributed by atoms with van der Waals surface area (Å²) in [6, 6.07) is 6.44. The molecule has 148 valence electrons. The molecule has 0 radical (unpaired) electrons. The Labute approximate surface area is 167 Å². The molecule has 0 spiro atoms. The molecule has 2 amide bonds. The van der Waals surface area contributed by atoms with Crippen molar-refractivity contribution in [2.24, 2.45) is 0 Å². The van der Waals surface area contributed by atoms with Crippen molar-refractivity contribution >= 4 is 23.6 Å². The standard InChI is InChI=1S/C21H31N3O2S/c1-16-7-8-18(27-3)14-19(16)21(26)23-12-10-22(11-13-23)15-20(25)24-9-5-4-6-17(24)2/h7-8,14,17H,4-6,9-13,15H2,1-3H3. The molecule has 1 aromatic rings. The summed E-state index contributed by atoms with van der Waals surface area (Å²) in [5, 5.41) is 0. The highest BCUT2D eigenvalue weighted by Crippen LogP contribution is 2.21. The number of hydrogen-bond acceptors (Lipinski definition) is 4. The van der Waals surface area contributed by atoms with Crippen LogP contribution >= 0.6 is 11.8 Å². The maximum Gasteiger partial charge on any atom is 0.254 e. The molecule has 0 saturated carbocycles. The van der Waals surface area contributed by atoms with E-state index in [4.69, 9.17) is 0 Å². The fourth-order valence-electron chi connectivity index (χ4n) is 3.99. The number of rotatable bonds is 4. The molecule has 1 atom stereocenters. The predicted octanol–water partition coefficient (Wildman–Crippen LogP) is 2.88. The largest absolute Gasteiger partial charge is 0.339 e. The number of likely N-dealkylation sites (tertiary alicyclic amines) is 1. The minimum absolute atomic E-state index is 0.110.